The Morgan fingerprint density at radius 3 is 2.33 bits per heavy atom. The molecule has 0 radical (unpaired) electrons. The van der Waals surface area contributed by atoms with Gasteiger partial charge >= 0.3 is 17.1 Å². The number of aryl methyl sites for hydroxylation is 3. The minimum atomic E-state index is 0. The fraction of sp³-hybridized carbons (Fsp3) is 0.500. The number of anilines is 1. The molecular weight excluding hydrogens is 276 g/mol. The fourth-order valence-corrected chi connectivity index (χ4v) is 2.64. The average molecular weight is 297 g/mol. The fourth-order valence-electron chi connectivity index (χ4n) is 2.64. The molecule has 0 saturated carbocycles. The van der Waals surface area contributed by atoms with Crippen molar-refractivity contribution in [2.24, 2.45) is 0 Å². The number of hydrogen-bond donors (Lipinski definition) is 1. The first-order chi connectivity index (χ1) is 8.11. The molecule has 1 aliphatic heterocycles. The van der Waals surface area contributed by atoms with E-state index in [-0.39, 0.29) is 23.7 Å². The molecule has 2 rings (SSSR count). The zero-order valence-corrected chi connectivity index (χ0v) is 12.1. The second kappa shape index (κ2) is 6.58. The summed E-state index contributed by atoms with van der Waals surface area (Å²) in [5, 5.41) is 8.95. The molecule has 1 aromatic carbocycles. The van der Waals surface area contributed by atoms with Crippen LogP contribution >= 0.6 is 0 Å². The van der Waals surface area contributed by atoms with E-state index in [1.165, 1.54) is 22.4 Å². The minimum absolute atomic E-state index is 0. The molecule has 1 N–H and O–H groups in total. The summed E-state index contributed by atoms with van der Waals surface area (Å²) in [7, 11) is 0. The van der Waals surface area contributed by atoms with E-state index in [1.807, 2.05) is 0 Å². The summed E-state index contributed by atoms with van der Waals surface area (Å²) >= 11 is 0. The number of nitrogens with zero attached hydrogens (tertiary/aromatic N) is 2. The van der Waals surface area contributed by atoms with Crippen LogP contribution in [0.2, 0.25) is 0 Å². The van der Waals surface area contributed by atoms with Crippen LogP contribution in [0.25, 0.3) is 0 Å². The van der Waals surface area contributed by atoms with Crippen molar-refractivity contribution < 1.29 is 22.2 Å². The first-order valence-corrected chi connectivity index (χ1v) is 6.16. The van der Waals surface area contributed by atoms with Gasteiger partial charge in [-0.1, -0.05) is 17.7 Å². The zero-order valence-electron chi connectivity index (χ0n) is 11.2. The van der Waals surface area contributed by atoms with E-state index >= 15 is 0 Å². The molecule has 0 spiro atoms. The first kappa shape index (κ1) is 15.5. The van der Waals surface area contributed by atoms with E-state index in [0.29, 0.717) is 0 Å². The molecule has 0 bridgehead atoms. The van der Waals surface area contributed by atoms with E-state index in [4.69, 9.17) is 5.11 Å². The largest absolute Gasteiger partial charge is 1.00 e. The standard InChI is InChI=1S/C14H21N2O.Cu/c1-11-8-12(2)14(13(3)9-11)16-5-4-15(10-16)6-7-17;/h8-10,17H,4-7H2,1-3H3;/q-1;+1. The van der Waals surface area contributed by atoms with Gasteiger partial charge in [0.15, 0.2) is 0 Å². The van der Waals surface area contributed by atoms with Gasteiger partial charge in [0, 0.05) is 12.2 Å². The summed E-state index contributed by atoms with van der Waals surface area (Å²) in [4.78, 5) is 4.46. The van der Waals surface area contributed by atoms with Gasteiger partial charge in [0.2, 0.25) is 0 Å². The molecule has 1 saturated heterocycles. The van der Waals surface area contributed by atoms with Gasteiger partial charge in [-0.25, -0.2) is 0 Å². The maximum atomic E-state index is 8.95. The van der Waals surface area contributed by atoms with Gasteiger partial charge < -0.3 is 14.9 Å². The normalized spacial score (nSPS) is 15.9. The van der Waals surface area contributed by atoms with Crippen LogP contribution in [0.3, 0.4) is 0 Å². The van der Waals surface area contributed by atoms with Gasteiger partial charge in [-0.05, 0) is 45.0 Å². The van der Waals surface area contributed by atoms with E-state index in [2.05, 4.69) is 49.4 Å². The molecule has 1 fully saturated rings. The van der Waals surface area contributed by atoms with Gasteiger partial charge in [-0.15, -0.1) is 0 Å². The molecule has 1 aromatic rings. The van der Waals surface area contributed by atoms with Crippen LogP contribution in [-0.2, 0) is 17.1 Å². The third-order valence-electron chi connectivity index (χ3n) is 3.24. The predicted molar refractivity (Wildman–Crippen MR) is 71.0 cm³/mol. The summed E-state index contributed by atoms with van der Waals surface area (Å²) in [5.41, 5.74) is 5.28. The third kappa shape index (κ3) is 3.27. The number of aliphatic hydroxyl groups is 1. The van der Waals surface area contributed by atoms with Crippen LogP contribution in [0.15, 0.2) is 12.1 Å². The van der Waals surface area contributed by atoms with E-state index < -0.39 is 0 Å². The van der Waals surface area contributed by atoms with Crippen molar-refractivity contribution in [2.45, 2.75) is 20.8 Å². The Hall–Kier alpha value is -0.541. The summed E-state index contributed by atoms with van der Waals surface area (Å²) < 4.78 is 0. The van der Waals surface area contributed by atoms with Crippen LogP contribution in [0.4, 0.5) is 5.69 Å². The van der Waals surface area contributed by atoms with Gasteiger partial charge in [-0.2, -0.15) is 6.67 Å². The molecule has 0 unspecified atom stereocenters. The van der Waals surface area contributed by atoms with Gasteiger partial charge in [-0.3, -0.25) is 0 Å². The van der Waals surface area contributed by atoms with Gasteiger partial charge in [0.1, 0.15) is 0 Å². The summed E-state index contributed by atoms with van der Waals surface area (Å²) in [6.07, 6.45) is 0. The molecule has 1 heterocycles. The maximum absolute atomic E-state index is 8.95. The molecule has 18 heavy (non-hydrogen) atoms. The van der Waals surface area contributed by atoms with Crippen molar-refractivity contribution in [3.8, 4) is 0 Å². The smallest absolute Gasteiger partial charge is 0.507 e. The number of hydrogen-bond acceptors (Lipinski definition) is 3. The Kier molecular flexibility index (Phi) is 5.67. The molecule has 3 nitrogen and oxygen atoms in total. The van der Waals surface area contributed by atoms with E-state index in [9.17, 15) is 0 Å². The Balaban J connectivity index is 0.00000162. The molecule has 0 aromatic heterocycles. The Morgan fingerprint density at radius 1 is 1.17 bits per heavy atom. The topological polar surface area (TPSA) is 26.7 Å². The summed E-state index contributed by atoms with van der Waals surface area (Å²) in [6.45, 7) is 11.5. The van der Waals surface area contributed by atoms with Crippen LogP contribution in [-0.4, -0.2) is 36.2 Å². The molecule has 0 atom stereocenters. The van der Waals surface area contributed by atoms with Crippen LogP contribution in [0.1, 0.15) is 16.7 Å². The van der Waals surface area contributed by atoms with Crippen LogP contribution < -0.4 is 4.90 Å². The number of β-amino-alcohol motifs (C(OH)–C–C–N with tert-alkyl or cyclic N) is 1. The van der Waals surface area contributed by atoms with Crippen LogP contribution in [0.5, 0.6) is 0 Å². The maximum Gasteiger partial charge on any atom is 1.00 e. The Morgan fingerprint density at radius 2 is 1.78 bits per heavy atom. The first-order valence-electron chi connectivity index (χ1n) is 6.16. The SMILES string of the molecule is Cc1cc(C)c(N2[CH-]N(CCO)CC2)c(C)c1.[Cu+]. The Labute approximate surface area is 120 Å². The van der Waals surface area contributed by atoms with Crippen molar-refractivity contribution in [1.82, 2.24) is 4.90 Å². The number of rotatable bonds is 3. The minimum Gasteiger partial charge on any atom is -0.507 e. The quantitative estimate of drug-likeness (QED) is 0.681. The second-order valence-electron chi connectivity index (χ2n) is 4.82. The predicted octanol–water partition coefficient (Wildman–Crippen LogP) is 1.84. The van der Waals surface area contributed by atoms with Crippen molar-refractivity contribution >= 4 is 5.69 Å². The molecule has 104 valence electrons. The average Bonchev–Trinajstić information content (AvgIpc) is 2.65. The van der Waals surface area contributed by atoms with Crippen molar-refractivity contribution in [1.29, 1.82) is 0 Å². The van der Waals surface area contributed by atoms with Gasteiger partial charge in [0.05, 0.1) is 6.61 Å². The monoisotopic (exact) mass is 296 g/mol. The van der Waals surface area contributed by atoms with Crippen molar-refractivity contribution in [3.05, 3.63) is 35.5 Å². The van der Waals surface area contributed by atoms with Crippen molar-refractivity contribution in [2.75, 3.05) is 31.1 Å². The molecular formula is C14H21CuN2O. The summed E-state index contributed by atoms with van der Waals surface area (Å²) in [6, 6.07) is 4.45. The number of aliphatic hydroxyl groups excluding tert-OH is 1. The second-order valence-corrected chi connectivity index (χ2v) is 4.82. The van der Waals surface area contributed by atoms with Crippen LogP contribution in [0, 0.1) is 27.4 Å². The number of benzene rings is 1. The molecule has 1 aliphatic rings. The zero-order chi connectivity index (χ0) is 12.4. The van der Waals surface area contributed by atoms with Crippen molar-refractivity contribution in [3.63, 3.8) is 0 Å². The van der Waals surface area contributed by atoms with E-state index in [0.717, 1.165) is 19.6 Å². The molecule has 4 heteroatoms. The molecule has 0 amide bonds. The molecule has 0 aliphatic carbocycles. The Bertz CT molecular complexity index is 386. The summed E-state index contributed by atoms with van der Waals surface area (Å²) in [5.74, 6) is 0. The third-order valence-corrected chi connectivity index (χ3v) is 3.24. The van der Waals surface area contributed by atoms with Gasteiger partial charge in [0.25, 0.3) is 0 Å². The van der Waals surface area contributed by atoms with E-state index in [1.54, 1.807) is 0 Å².